The molecular formula is C10H11NO2S. The van der Waals surface area contributed by atoms with Crippen LogP contribution >= 0.6 is 12.2 Å². The lowest BCUT2D eigenvalue weighted by atomic mass is 10.2. The Morgan fingerprint density at radius 3 is 2.71 bits per heavy atom. The van der Waals surface area contributed by atoms with Crippen molar-refractivity contribution in [2.45, 2.75) is 6.54 Å². The van der Waals surface area contributed by atoms with Crippen LogP contribution in [-0.4, -0.2) is 19.4 Å². The molecule has 1 aromatic rings. The van der Waals surface area contributed by atoms with Gasteiger partial charge in [0.1, 0.15) is 0 Å². The number of hydrogen-bond acceptors (Lipinski definition) is 4. The van der Waals surface area contributed by atoms with Crippen LogP contribution in [0.25, 0.3) is 0 Å². The van der Waals surface area contributed by atoms with Crippen LogP contribution in [0.15, 0.2) is 23.2 Å². The number of ether oxygens (including phenoxy) is 2. The first-order valence-electron chi connectivity index (χ1n) is 4.07. The average Bonchev–Trinajstić information content (AvgIpc) is 2.25. The first-order valence-corrected chi connectivity index (χ1v) is 4.47. The van der Waals surface area contributed by atoms with Gasteiger partial charge in [-0.2, -0.15) is 0 Å². The molecule has 0 saturated carbocycles. The van der Waals surface area contributed by atoms with E-state index in [1.54, 1.807) is 14.2 Å². The highest BCUT2D eigenvalue weighted by atomic mass is 32.1. The molecule has 0 heterocycles. The second-order valence-electron chi connectivity index (χ2n) is 2.56. The number of methoxy groups -OCH3 is 2. The smallest absolute Gasteiger partial charge is 0.165 e. The van der Waals surface area contributed by atoms with Crippen molar-refractivity contribution in [1.29, 1.82) is 0 Å². The highest BCUT2D eigenvalue weighted by Gasteiger charge is 2.07. The van der Waals surface area contributed by atoms with Gasteiger partial charge in [0.15, 0.2) is 11.5 Å². The molecule has 0 bridgehead atoms. The van der Waals surface area contributed by atoms with Crippen LogP contribution in [0.1, 0.15) is 5.56 Å². The highest BCUT2D eigenvalue weighted by Crippen LogP contribution is 2.30. The molecule has 1 rings (SSSR count). The monoisotopic (exact) mass is 209 g/mol. The minimum absolute atomic E-state index is 0.462. The fraction of sp³-hybridized carbons (Fsp3) is 0.300. The lowest BCUT2D eigenvalue weighted by Crippen LogP contribution is -1.94. The lowest BCUT2D eigenvalue weighted by molar-refractivity contribution is 0.352. The van der Waals surface area contributed by atoms with Crippen LogP contribution in [0.3, 0.4) is 0 Å². The van der Waals surface area contributed by atoms with Crippen molar-refractivity contribution in [3.05, 3.63) is 23.8 Å². The standard InChI is InChI=1S/C10H11NO2S/c1-12-9-5-3-4-8(6-11-7-14)10(9)13-2/h3-5H,6H2,1-2H3. The van der Waals surface area contributed by atoms with Crippen molar-refractivity contribution in [2.24, 2.45) is 4.99 Å². The van der Waals surface area contributed by atoms with Gasteiger partial charge in [0.25, 0.3) is 0 Å². The Bertz CT molecular complexity index is 359. The Hall–Kier alpha value is -1.38. The molecule has 0 spiro atoms. The molecule has 14 heavy (non-hydrogen) atoms. The van der Waals surface area contributed by atoms with Crippen LogP contribution in [-0.2, 0) is 6.54 Å². The molecule has 0 radical (unpaired) electrons. The molecule has 74 valence electrons. The summed E-state index contributed by atoms with van der Waals surface area (Å²) in [5, 5.41) is 2.32. The summed E-state index contributed by atoms with van der Waals surface area (Å²) in [7, 11) is 3.20. The van der Waals surface area contributed by atoms with Gasteiger partial charge in [0, 0.05) is 5.56 Å². The van der Waals surface area contributed by atoms with Gasteiger partial charge in [-0.25, -0.2) is 4.99 Å². The second kappa shape index (κ2) is 5.37. The average molecular weight is 209 g/mol. The van der Waals surface area contributed by atoms with Crippen molar-refractivity contribution in [3.63, 3.8) is 0 Å². The van der Waals surface area contributed by atoms with Crippen molar-refractivity contribution < 1.29 is 9.47 Å². The summed E-state index contributed by atoms with van der Waals surface area (Å²) in [6, 6.07) is 5.64. The number of rotatable bonds is 4. The Morgan fingerprint density at radius 2 is 2.14 bits per heavy atom. The van der Waals surface area contributed by atoms with E-state index in [2.05, 4.69) is 22.4 Å². The number of para-hydroxylation sites is 1. The minimum atomic E-state index is 0.462. The maximum absolute atomic E-state index is 5.22. The first-order chi connectivity index (χ1) is 6.83. The topological polar surface area (TPSA) is 30.8 Å². The van der Waals surface area contributed by atoms with Gasteiger partial charge in [-0.15, -0.1) is 0 Å². The zero-order valence-corrected chi connectivity index (χ0v) is 8.93. The molecular weight excluding hydrogens is 198 g/mol. The van der Waals surface area contributed by atoms with Crippen molar-refractivity contribution in [2.75, 3.05) is 14.2 Å². The van der Waals surface area contributed by atoms with E-state index in [1.165, 1.54) is 0 Å². The number of isothiocyanates is 1. The molecule has 0 aromatic heterocycles. The lowest BCUT2D eigenvalue weighted by Gasteiger charge is -2.10. The molecule has 0 aliphatic heterocycles. The van der Waals surface area contributed by atoms with Gasteiger partial charge in [0.2, 0.25) is 0 Å². The van der Waals surface area contributed by atoms with Gasteiger partial charge in [-0.1, -0.05) is 12.1 Å². The van der Waals surface area contributed by atoms with E-state index in [0.717, 1.165) is 5.56 Å². The molecule has 0 aliphatic carbocycles. The van der Waals surface area contributed by atoms with Gasteiger partial charge < -0.3 is 9.47 Å². The molecule has 0 aliphatic rings. The SMILES string of the molecule is COc1cccc(CN=C=S)c1OC. The molecule has 0 fully saturated rings. The zero-order chi connectivity index (χ0) is 10.4. The Balaban J connectivity index is 3.07. The minimum Gasteiger partial charge on any atom is -0.493 e. The fourth-order valence-electron chi connectivity index (χ4n) is 1.20. The maximum atomic E-state index is 5.22. The van der Waals surface area contributed by atoms with Gasteiger partial charge in [-0.3, -0.25) is 0 Å². The van der Waals surface area contributed by atoms with E-state index in [1.807, 2.05) is 18.2 Å². The zero-order valence-electron chi connectivity index (χ0n) is 8.11. The van der Waals surface area contributed by atoms with E-state index in [4.69, 9.17) is 9.47 Å². The number of benzene rings is 1. The van der Waals surface area contributed by atoms with E-state index in [0.29, 0.717) is 18.0 Å². The molecule has 3 nitrogen and oxygen atoms in total. The van der Waals surface area contributed by atoms with E-state index in [9.17, 15) is 0 Å². The van der Waals surface area contributed by atoms with Crippen LogP contribution in [0.4, 0.5) is 0 Å². The molecule has 0 unspecified atom stereocenters. The molecule has 4 heteroatoms. The Kier molecular flexibility index (Phi) is 4.11. The third-order valence-electron chi connectivity index (χ3n) is 1.80. The largest absolute Gasteiger partial charge is 0.493 e. The predicted octanol–water partition coefficient (Wildman–Crippen LogP) is 2.31. The fourth-order valence-corrected chi connectivity index (χ4v) is 1.26. The predicted molar refractivity (Wildman–Crippen MR) is 58.3 cm³/mol. The van der Waals surface area contributed by atoms with E-state index in [-0.39, 0.29) is 0 Å². The third-order valence-corrected chi connectivity index (χ3v) is 1.93. The number of thiocarbonyl (C=S) groups is 1. The summed E-state index contributed by atoms with van der Waals surface area (Å²) in [5.41, 5.74) is 0.934. The molecule has 0 N–H and O–H groups in total. The summed E-state index contributed by atoms with van der Waals surface area (Å²) in [6.45, 7) is 0.462. The van der Waals surface area contributed by atoms with Gasteiger partial charge in [0.05, 0.1) is 25.9 Å². The molecule has 0 amide bonds. The summed E-state index contributed by atoms with van der Waals surface area (Å²) in [4.78, 5) is 3.86. The first kappa shape index (κ1) is 10.7. The summed E-state index contributed by atoms with van der Waals surface area (Å²) >= 11 is 4.50. The molecule has 0 saturated heterocycles. The normalized spacial score (nSPS) is 9.00. The number of nitrogens with zero attached hydrogens (tertiary/aromatic N) is 1. The van der Waals surface area contributed by atoms with E-state index >= 15 is 0 Å². The van der Waals surface area contributed by atoms with Gasteiger partial charge in [-0.05, 0) is 18.3 Å². The molecule has 0 atom stereocenters. The van der Waals surface area contributed by atoms with Crippen LogP contribution in [0, 0.1) is 0 Å². The number of aliphatic imine (C=N–C) groups is 1. The van der Waals surface area contributed by atoms with Crippen molar-refractivity contribution in [1.82, 2.24) is 0 Å². The summed E-state index contributed by atoms with van der Waals surface area (Å²) in [6.07, 6.45) is 0. The Labute approximate surface area is 88.4 Å². The second-order valence-corrected chi connectivity index (χ2v) is 2.74. The summed E-state index contributed by atoms with van der Waals surface area (Å²) < 4.78 is 10.4. The van der Waals surface area contributed by atoms with Gasteiger partial charge >= 0.3 is 0 Å². The highest BCUT2D eigenvalue weighted by molar-refractivity contribution is 7.78. The quantitative estimate of drug-likeness (QED) is 0.563. The maximum Gasteiger partial charge on any atom is 0.165 e. The number of hydrogen-bond donors (Lipinski definition) is 0. The van der Waals surface area contributed by atoms with Crippen molar-refractivity contribution in [3.8, 4) is 11.5 Å². The summed E-state index contributed by atoms with van der Waals surface area (Å²) in [5.74, 6) is 1.40. The van der Waals surface area contributed by atoms with Crippen LogP contribution < -0.4 is 9.47 Å². The van der Waals surface area contributed by atoms with Crippen LogP contribution in [0.5, 0.6) is 11.5 Å². The van der Waals surface area contributed by atoms with Crippen LogP contribution in [0.2, 0.25) is 0 Å². The van der Waals surface area contributed by atoms with Crippen molar-refractivity contribution >= 4 is 17.4 Å². The Morgan fingerprint density at radius 1 is 1.36 bits per heavy atom. The molecule has 1 aromatic carbocycles. The third kappa shape index (κ3) is 2.31. The van der Waals surface area contributed by atoms with E-state index < -0.39 is 0 Å².